The first-order chi connectivity index (χ1) is 10.3. The van der Waals surface area contributed by atoms with E-state index in [0.717, 1.165) is 24.8 Å². The topological polar surface area (TPSA) is 69.6 Å². The number of likely N-dealkylation sites (tertiary alicyclic amines) is 1. The Balaban J connectivity index is 2.01. The number of sulfonamides is 1. The molecule has 1 aliphatic heterocycles. The molecule has 0 amide bonds. The van der Waals surface area contributed by atoms with E-state index in [1.165, 1.54) is 6.07 Å². The number of piperidine rings is 1. The second-order valence-corrected chi connectivity index (χ2v) is 7.42. The predicted octanol–water partition coefficient (Wildman–Crippen LogP) is 1.01. The number of halogens is 2. The molecule has 22 heavy (non-hydrogen) atoms. The van der Waals surface area contributed by atoms with Crippen LogP contribution in [0.1, 0.15) is 24.5 Å². The third-order valence-electron chi connectivity index (χ3n) is 3.65. The van der Waals surface area contributed by atoms with Gasteiger partial charge in [-0.1, -0.05) is 6.07 Å². The Labute approximate surface area is 129 Å². The Morgan fingerprint density at radius 3 is 2.64 bits per heavy atom. The molecular formula is C14H20F2N2O3S. The van der Waals surface area contributed by atoms with E-state index < -0.39 is 27.8 Å². The fourth-order valence-electron chi connectivity index (χ4n) is 2.79. The van der Waals surface area contributed by atoms with Gasteiger partial charge in [0.15, 0.2) is 0 Å². The average molecular weight is 334 g/mol. The molecule has 1 aliphatic rings. The van der Waals surface area contributed by atoms with Crippen LogP contribution in [0.5, 0.6) is 0 Å². The van der Waals surface area contributed by atoms with Crippen LogP contribution in [-0.4, -0.2) is 50.4 Å². The molecule has 0 aliphatic carbocycles. The van der Waals surface area contributed by atoms with E-state index in [9.17, 15) is 22.3 Å². The maximum atomic E-state index is 13.6. The molecule has 2 atom stereocenters. The van der Waals surface area contributed by atoms with Gasteiger partial charge in [0.1, 0.15) is 11.6 Å². The highest BCUT2D eigenvalue weighted by atomic mass is 32.2. The molecule has 5 nitrogen and oxygen atoms in total. The lowest BCUT2D eigenvalue weighted by molar-refractivity contribution is 0.0893. The van der Waals surface area contributed by atoms with Gasteiger partial charge in [-0.15, -0.1) is 0 Å². The number of hydrogen-bond donors (Lipinski definition) is 2. The number of rotatable bonds is 5. The van der Waals surface area contributed by atoms with E-state index >= 15 is 0 Å². The summed E-state index contributed by atoms with van der Waals surface area (Å²) >= 11 is 0. The lowest BCUT2D eigenvalue weighted by Gasteiger charge is -2.34. The molecule has 2 unspecified atom stereocenters. The summed E-state index contributed by atoms with van der Waals surface area (Å²) in [7, 11) is -3.30. The fraction of sp³-hybridized carbons (Fsp3) is 0.571. The third kappa shape index (κ3) is 4.70. The van der Waals surface area contributed by atoms with Gasteiger partial charge in [0.2, 0.25) is 10.0 Å². The summed E-state index contributed by atoms with van der Waals surface area (Å²) in [5.74, 6) is -1.56. The van der Waals surface area contributed by atoms with Crippen molar-refractivity contribution < 1.29 is 22.3 Å². The maximum absolute atomic E-state index is 13.6. The van der Waals surface area contributed by atoms with Gasteiger partial charge in [0, 0.05) is 19.1 Å². The third-order valence-corrected chi connectivity index (χ3v) is 4.41. The smallest absolute Gasteiger partial charge is 0.208 e. The molecule has 0 spiro atoms. The number of aliphatic hydroxyl groups excluding tert-OH is 1. The number of aliphatic hydroxyl groups is 1. The van der Waals surface area contributed by atoms with Crippen molar-refractivity contribution in [3.8, 4) is 0 Å². The molecule has 2 N–H and O–H groups in total. The zero-order chi connectivity index (χ0) is 16.3. The second-order valence-electron chi connectivity index (χ2n) is 5.64. The monoisotopic (exact) mass is 334 g/mol. The summed E-state index contributed by atoms with van der Waals surface area (Å²) in [6, 6.07) is 3.20. The molecule has 1 heterocycles. The Morgan fingerprint density at radius 1 is 1.41 bits per heavy atom. The minimum atomic E-state index is -3.30. The highest BCUT2D eigenvalue weighted by Gasteiger charge is 2.26. The van der Waals surface area contributed by atoms with Crippen LogP contribution in [-0.2, 0) is 10.0 Å². The van der Waals surface area contributed by atoms with Crippen LogP contribution in [0.4, 0.5) is 8.78 Å². The SMILES string of the molecule is CS(=O)(=O)NC1CCCN(CC(O)c2c(F)cccc2F)C1. The summed E-state index contributed by atoms with van der Waals surface area (Å²) < 4.78 is 52.3. The van der Waals surface area contributed by atoms with Gasteiger partial charge in [0.25, 0.3) is 0 Å². The van der Waals surface area contributed by atoms with Crippen molar-refractivity contribution in [3.63, 3.8) is 0 Å². The fourth-order valence-corrected chi connectivity index (χ4v) is 3.58. The molecule has 1 saturated heterocycles. The van der Waals surface area contributed by atoms with Crippen molar-refractivity contribution in [2.24, 2.45) is 0 Å². The van der Waals surface area contributed by atoms with E-state index in [4.69, 9.17) is 0 Å². The minimum Gasteiger partial charge on any atom is -0.387 e. The lowest BCUT2D eigenvalue weighted by atomic mass is 10.0. The number of nitrogens with zero attached hydrogens (tertiary/aromatic N) is 1. The van der Waals surface area contributed by atoms with Gasteiger partial charge in [-0.25, -0.2) is 21.9 Å². The van der Waals surface area contributed by atoms with E-state index in [1.54, 1.807) is 0 Å². The van der Waals surface area contributed by atoms with Crippen LogP contribution < -0.4 is 4.72 Å². The zero-order valence-electron chi connectivity index (χ0n) is 12.3. The highest BCUT2D eigenvalue weighted by Crippen LogP contribution is 2.23. The maximum Gasteiger partial charge on any atom is 0.208 e. The normalized spacial score (nSPS) is 21.7. The van der Waals surface area contributed by atoms with Crippen molar-refractivity contribution in [2.75, 3.05) is 25.9 Å². The quantitative estimate of drug-likeness (QED) is 0.843. The predicted molar refractivity (Wildman–Crippen MR) is 78.8 cm³/mol. The largest absolute Gasteiger partial charge is 0.387 e. The number of benzene rings is 1. The van der Waals surface area contributed by atoms with Crippen molar-refractivity contribution in [1.82, 2.24) is 9.62 Å². The average Bonchev–Trinajstić information content (AvgIpc) is 2.36. The van der Waals surface area contributed by atoms with Crippen molar-refractivity contribution in [2.45, 2.75) is 25.0 Å². The van der Waals surface area contributed by atoms with Crippen molar-refractivity contribution in [3.05, 3.63) is 35.4 Å². The Bertz CT molecular complexity index is 604. The van der Waals surface area contributed by atoms with Crippen molar-refractivity contribution in [1.29, 1.82) is 0 Å². The van der Waals surface area contributed by atoms with Gasteiger partial charge < -0.3 is 5.11 Å². The van der Waals surface area contributed by atoms with Crippen molar-refractivity contribution >= 4 is 10.0 Å². The highest BCUT2D eigenvalue weighted by molar-refractivity contribution is 7.88. The van der Waals surface area contributed by atoms with E-state index in [2.05, 4.69) is 4.72 Å². The second kappa shape index (κ2) is 6.99. The first-order valence-electron chi connectivity index (χ1n) is 7.08. The first-order valence-corrected chi connectivity index (χ1v) is 8.97. The molecule has 2 rings (SSSR count). The molecule has 0 saturated carbocycles. The Kier molecular flexibility index (Phi) is 5.49. The summed E-state index contributed by atoms with van der Waals surface area (Å²) in [4.78, 5) is 1.81. The first kappa shape index (κ1) is 17.3. The van der Waals surface area contributed by atoms with Gasteiger partial charge in [-0.2, -0.15) is 0 Å². The number of nitrogens with one attached hydrogen (secondary N) is 1. The molecular weight excluding hydrogens is 314 g/mol. The van der Waals surface area contributed by atoms with Crippen LogP contribution in [0.2, 0.25) is 0 Å². The Hall–Kier alpha value is -1.09. The van der Waals surface area contributed by atoms with E-state index in [1.807, 2.05) is 4.90 Å². The number of hydrogen-bond acceptors (Lipinski definition) is 4. The van der Waals surface area contributed by atoms with Crippen LogP contribution in [0.15, 0.2) is 18.2 Å². The summed E-state index contributed by atoms with van der Waals surface area (Å²) in [5, 5.41) is 10.1. The van der Waals surface area contributed by atoms with Crippen LogP contribution in [0.3, 0.4) is 0 Å². The van der Waals surface area contributed by atoms with Crippen LogP contribution in [0, 0.1) is 11.6 Å². The molecule has 0 bridgehead atoms. The standard InChI is InChI=1S/C14H20F2N2O3S/c1-22(20,21)17-10-4-3-7-18(8-10)9-13(19)14-11(15)5-2-6-12(14)16/h2,5-6,10,13,17,19H,3-4,7-9H2,1H3. The molecule has 0 radical (unpaired) electrons. The van der Waals surface area contributed by atoms with Gasteiger partial charge in [0.05, 0.1) is 17.9 Å². The molecule has 0 aromatic heterocycles. The summed E-state index contributed by atoms with van der Waals surface area (Å²) in [6.07, 6.45) is 1.25. The lowest BCUT2D eigenvalue weighted by Crippen LogP contribution is -2.48. The summed E-state index contributed by atoms with van der Waals surface area (Å²) in [5.41, 5.74) is -0.347. The minimum absolute atomic E-state index is 0.0554. The molecule has 8 heteroatoms. The molecule has 124 valence electrons. The molecule has 1 aromatic rings. The molecule has 1 aromatic carbocycles. The van der Waals surface area contributed by atoms with E-state index in [0.29, 0.717) is 19.5 Å². The van der Waals surface area contributed by atoms with E-state index in [-0.39, 0.29) is 18.2 Å². The van der Waals surface area contributed by atoms with Gasteiger partial charge in [-0.3, -0.25) is 4.90 Å². The van der Waals surface area contributed by atoms with Gasteiger partial charge >= 0.3 is 0 Å². The van der Waals surface area contributed by atoms with Crippen LogP contribution >= 0.6 is 0 Å². The summed E-state index contributed by atoms with van der Waals surface area (Å²) in [6.45, 7) is 1.11. The van der Waals surface area contributed by atoms with Gasteiger partial charge in [-0.05, 0) is 31.5 Å². The number of β-amino-alcohol motifs (C(OH)–C–C–N with tert-alkyl or cyclic N) is 1. The Morgan fingerprint density at radius 2 is 2.05 bits per heavy atom. The zero-order valence-corrected chi connectivity index (χ0v) is 13.1. The molecule has 1 fully saturated rings. The van der Waals surface area contributed by atoms with Crippen LogP contribution in [0.25, 0.3) is 0 Å².